The molecule has 0 aromatic heterocycles. The van der Waals surface area contributed by atoms with Crippen LogP contribution >= 0.6 is 15.9 Å². The summed E-state index contributed by atoms with van der Waals surface area (Å²) in [7, 11) is 0. The first kappa shape index (κ1) is 15.0. The maximum Gasteiger partial charge on any atom is 0.141 e. The molecule has 20 heavy (non-hydrogen) atoms. The van der Waals surface area contributed by atoms with Crippen molar-refractivity contribution in [3.05, 3.63) is 58.3 Å². The molecule has 0 spiro atoms. The van der Waals surface area contributed by atoms with Gasteiger partial charge in [0.25, 0.3) is 0 Å². The standard InChI is InChI=1S/C16H17BrFNO/c1-2-13(19)8-11-6-7-16(15(17)9-11)20-14-5-3-4-12(18)10-14/h3-7,9-10,13H,2,8,19H2,1H3. The van der Waals surface area contributed by atoms with Gasteiger partial charge in [0.1, 0.15) is 17.3 Å². The Morgan fingerprint density at radius 2 is 2.05 bits per heavy atom. The van der Waals surface area contributed by atoms with Crippen molar-refractivity contribution in [2.75, 3.05) is 0 Å². The highest BCUT2D eigenvalue weighted by molar-refractivity contribution is 9.10. The Labute approximate surface area is 126 Å². The smallest absolute Gasteiger partial charge is 0.141 e. The van der Waals surface area contributed by atoms with E-state index in [9.17, 15) is 4.39 Å². The molecular formula is C16H17BrFNO. The van der Waals surface area contributed by atoms with Crippen LogP contribution in [0.3, 0.4) is 0 Å². The number of rotatable bonds is 5. The second-order valence-corrected chi connectivity index (χ2v) is 5.55. The highest BCUT2D eigenvalue weighted by Crippen LogP contribution is 2.31. The zero-order chi connectivity index (χ0) is 14.5. The SMILES string of the molecule is CCC(N)Cc1ccc(Oc2cccc(F)c2)c(Br)c1. The molecular weight excluding hydrogens is 321 g/mol. The van der Waals surface area contributed by atoms with Crippen LogP contribution in [0.15, 0.2) is 46.9 Å². The lowest BCUT2D eigenvalue weighted by atomic mass is 10.0. The quantitative estimate of drug-likeness (QED) is 0.861. The number of nitrogens with two attached hydrogens (primary N) is 1. The van der Waals surface area contributed by atoms with Gasteiger partial charge < -0.3 is 10.5 Å². The fraction of sp³-hybridized carbons (Fsp3) is 0.250. The lowest BCUT2D eigenvalue weighted by Gasteiger charge is -2.12. The van der Waals surface area contributed by atoms with E-state index < -0.39 is 0 Å². The second kappa shape index (κ2) is 6.86. The van der Waals surface area contributed by atoms with Gasteiger partial charge in [-0.2, -0.15) is 0 Å². The molecule has 0 saturated carbocycles. The van der Waals surface area contributed by atoms with Crippen LogP contribution in [0.1, 0.15) is 18.9 Å². The molecule has 2 aromatic rings. The van der Waals surface area contributed by atoms with Gasteiger partial charge in [-0.05, 0) is 58.6 Å². The molecule has 0 aliphatic heterocycles. The summed E-state index contributed by atoms with van der Waals surface area (Å²) in [5.74, 6) is 0.817. The van der Waals surface area contributed by atoms with Crippen molar-refractivity contribution < 1.29 is 9.13 Å². The van der Waals surface area contributed by atoms with E-state index in [-0.39, 0.29) is 11.9 Å². The predicted molar refractivity (Wildman–Crippen MR) is 82.6 cm³/mol. The van der Waals surface area contributed by atoms with Crippen molar-refractivity contribution in [1.29, 1.82) is 0 Å². The van der Waals surface area contributed by atoms with Crippen molar-refractivity contribution >= 4 is 15.9 Å². The summed E-state index contributed by atoms with van der Waals surface area (Å²) in [5.41, 5.74) is 7.10. The minimum Gasteiger partial charge on any atom is -0.456 e. The highest BCUT2D eigenvalue weighted by Gasteiger charge is 2.07. The maximum absolute atomic E-state index is 13.1. The molecule has 2 aromatic carbocycles. The Balaban J connectivity index is 2.13. The summed E-state index contributed by atoms with van der Waals surface area (Å²) in [5, 5.41) is 0. The van der Waals surface area contributed by atoms with Gasteiger partial charge in [-0.3, -0.25) is 0 Å². The first-order valence-corrected chi connectivity index (χ1v) is 7.35. The van der Waals surface area contributed by atoms with Crippen LogP contribution in [-0.2, 0) is 6.42 Å². The Morgan fingerprint density at radius 3 is 2.70 bits per heavy atom. The van der Waals surface area contributed by atoms with Crippen molar-refractivity contribution in [2.45, 2.75) is 25.8 Å². The normalized spacial score (nSPS) is 12.2. The fourth-order valence-electron chi connectivity index (χ4n) is 1.86. The van der Waals surface area contributed by atoms with Crippen LogP contribution in [-0.4, -0.2) is 6.04 Å². The van der Waals surface area contributed by atoms with E-state index in [1.165, 1.54) is 12.1 Å². The van der Waals surface area contributed by atoms with Crippen LogP contribution in [0.25, 0.3) is 0 Å². The van der Waals surface area contributed by atoms with E-state index in [1.807, 2.05) is 18.2 Å². The molecule has 0 heterocycles. The molecule has 2 rings (SSSR count). The molecule has 0 aliphatic carbocycles. The van der Waals surface area contributed by atoms with E-state index >= 15 is 0 Å². The maximum atomic E-state index is 13.1. The average molecular weight is 338 g/mol. The van der Waals surface area contributed by atoms with E-state index in [4.69, 9.17) is 10.5 Å². The summed E-state index contributed by atoms with van der Waals surface area (Å²) in [6.45, 7) is 2.07. The van der Waals surface area contributed by atoms with Crippen molar-refractivity contribution in [3.8, 4) is 11.5 Å². The second-order valence-electron chi connectivity index (χ2n) is 4.70. The van der Waals surface area contributed by atoms with Gasteiger partial charge in [0.05, 0.1) is 4.47 Å². The zero-order valence-electron chi connectivity index (χ0n) is 11.3. The van der Waals surface area contributed by atoms with Gasteiger partial charge in [0, 0.05) is 12.1 Å². The molecule has 0 radical (unpaired) electrons. The fourth-order valence-corrected chi connectivity index (χ4v) is 2.37. The Kier molecular flexibility index (Phi) is 5.15. The van der Waals surface area contributed by atoms with Crippen molar-refractivity contribution in [1.82, 2.24) is 0 Å². The summed E-state index contributed by atoms with van der Waals surface area (Å²) in [6, 6.07) is 12.1. The van der Waals surface area contributed by atoms with Gasteiger partial charge >= 0.3 is 0 Å². The molecule has 2 nitrogen and oxygen atoms in total. The van der Waals surface area contributed by atoms with E-state index in [0.29, 0.717) is 11.5 Å². The molecule has 2 N–H and O–H groups in total. The molecule has 106 valence electrons. The molecule has 0 saturated heterocycles. The summed E-state index contributed by atoms with van der Waals surface area (Å²) in [6.07, 6.45) is 1.77. The van der Waals surface area contributed by atoms with Crippen LogP contribution < -0.4 is 10.5 Å². The van der Waals surface area contributed by atoms with E-state index in [0.717, 1.165) is 22.9 Å². The Morgan fingerprint density at radius 1 is 1.25 bits per heavy atom. The number of hydrogen-bond donors (Lipinski definition) is 1. The predicted octanol–water partition coefficient (Wildman–Crippen LogP) is 4.66. The molecule has 1 atom stereocenters. The number of benzene rings is 2. The number of ether oxygens (including phenoxy) is 1. The third-order valence-corrected chi connectivity index (χ3v) is 3.66. The number of hydrogen-bond acceptors (Lipinski definition) is 2. The van der Waals surface area contributed by atoms with Gasteiger partial charge in [-0.15, -0.1) is 0 Å². The lowest BCUT2D eigenvalue weighted by molar-refractivity contribution is 0.473. The van der Waals surface area contributed by atoms with Crippen molar-refractivity contribution in [3.63, 3.8) is 0 Å². The van der Waals surface area contributed by atoms with Gasteiger partial charge in [0.2, 0.25) is 0 Å². The van der Waals surface area contributed by atoms with Crippen LogP contribution in [0, 0.1) is 5.82 Å². The largest absolute Gasteiger partial charge is 0.456 e. The molecule has 0 bridgehead atoms. The highest BCUT2D eigenvalue weighted by atomic mass is 79.9. The van der Waals surface area contributed by atoms with Gasteiger partial charge in [-0.1, -0.05) is 19.1 Å². The van der Waals surface area contributed by atoms with Crippen LogP contribution in [0.2, 0.25) is 0 Å². The molecule has 4 heteroatoms. The molecule has 0 fully saturated rings. The third-order valence-electron chi connectivity index (χ3n) is 3.04. The monoisotopic (exact) mass is 337 g/mol. The van der Waals surface area contributed by atoms with E-state index in [2.05, 4.69) is 22.9 Å². The number of halogens is 2. The summed E-state index contributed by atoms with van der Waals surface area (Å²) < 4.78 is 19.6. The van der Waals surface area contributed by atoms with E-state index in [1.54, 1.807) is 12.1 Å². The lowest BCUT2D eigenvalue weighted by Crippen LogP contribution is -2.21. The third kappa shape index (κ3) is 4.05. The topological polar surface area (TPSA) is 35.2 Å². The molecule has 1 unspecified atom stereocenters. The Bertz CT molecular complexity index is 588. The minimum absolute atomic E-state index is 0.164. The van der Waals surface area contributed by atoms with Crippen molar-refractivity contribution in [2.24, 2.45) is 5.73 Å². The van der Waals surface area contributed by atoms with Gasteiger partial charge in [0.15, 0.2) is 0 Å². The molecule has 0 amide bonds. The van der Waals surface area contributed by atoms with Crippen LogP contribution in [0.5, 0.6) is 11.5 Å². The van der Waals surface area contributed by atoms with Crippen LogP contribution in [0.4, 0.5) is 4.39 Å². The minimum atomic E-state index is -0.316. The summed E-state index contributed by atoms with van der Waals surface area (Å²) >= 11 is 3.48. The average Bonchev–Trinajstić information content (AvgIpc) is 2.42. The first-order valence-electron chi connectivity index (χ1n) is 6.56. The zero-order valence-corrected chi connectivity index (χ0v) is 12.9. The Hall–Kier alpha value is -1.39. The van der Waals surface area contributed by atoms with Gasteiger partial charge in [-0.25, -0.2) is 4.39 Å². The molecule has 0 aliphatic rings. The first-order chi connectivity index (χ1) is 9.58. The summed E-state index contributed by atoms with van der Waals surface area (Å²) in [4.78, 5) is 0.